The standard InChI is InChI=1S/C10H13NO3S/c1-4-3-6-7(10(12)13)9(11)15-8(6)5(2)14-4/h4-5H,3,11H2,1-2H3,(H,12,13). The Kier molecular flexibility index (Phi) is 2.44. The number of carboxylic acids is 1. The van der Waals surface area contributed by atoms with E-state index in [-0.39, 0.29) is 17.8 Å². The van der Waals surface area contributed by atoms with Crippen molar-refractivity contribution in [1.82, 2.24) is 0 Å². The number of nitrogens with two attached hydrogens (primary N) is 1. The first-order valence-corrected chi connectivity index (χ1v) is 5.62. The fourth-order valence-corrected chi connectivity index (χ4v) is 3.09. The van der Waals surface area contributed by atoms with Gasteiger partial charge in [0.05, 0.1) is 17.8 Å². The number of hydrogen-bond acceptors (Lipinski definition) is 4. The van der Waals surface area contributed by atoms with Crippen LogP contribution in [0.25, 0.3) is 0 Å². The van der Waals surface area contributed by atoms with Crippen molar-refractivity contribution >= 4 is 22.3 Å². The molecule has 2 heterocycles. The van der Waals surface area contributed by atoms with Crippen LogP contribution in [-0.2, 0) is 11.2 Å². The average molecular weight is 227 g/mol. The second-order valence-corrected chi connectivity index (χ2v) is 4.87. The van der Waals surface area contributed by atoms with Gasteiger partial charge < -0.3 is 15.6 Å². The summed E-state index contributed by atoms with van der Waals surface area (Å²) in [4.78, 5) is 12.0. The van der Waals surface area contributed by atoms with Crippen LogP contribution in [0.3, 0.4) is 0 Å². The Morgan fingerprint density at radius 2 is 2.27 bits per heavy atom. The Labute approximate surface area is 91.7 Å². The summed E-state index contributed by atoms with van der Waals surface area (Å²) in [6, 6.07) is 0. The molecule has 82 valence electrons. The number of carbonyl (C=O) groups is 1. The quantitative estimate of drug-likeness (QED) is 0.770. The van der Waals surface area contributed by atoms with E-state index < -0.39 is 5.97 Å². The Hall–Kier alpha value is -1.07. The van der Waals surface area contributed by atoms with Crippen LogP contribution in [0, 0.1) is 0 Å². The molecule has 5 heteroatoms. The van der Waals surface area contributed by atoms with E-state index in [1.54, 1.807) is 0 Å². The highest BCUT2D eigenvalue weighted by Gasteiger charge is 2.30. The molecule has 2 unspecified atom stereocenters. The molecule has 1 aromatic rings. The maximum absolute atomic E-state index is 11.1. The number of carboxylic acid groups (broad SMARTS) is 1. The van der Waals surface area contributed by atoms with Crippen molar-refractivity contribution in [2.45, 2.75) is 32.5 Å². The van der Waals surface area contributed by atoms with Gasteiger partial charge in [0.1, 0.15) is 5.00 Å². The Balaban J connectivity index is 2.56. The van der Waals surface area contributed by atoms with Crippen LogP contribution in [0.4, 0.5) is 5.00 Å². The van der Waals surface area contributed by atoms with Gasteiger partial charge >= 0.3 is 5.97 Å². The zero-order chi connectivity index (χ0) is 11.2. The van der Waals surface area contributed by atoms with E-state index in [1.807, 2.05) is 13.8 Å². The van der Waals surface area contributed by atoms with E-state index in [0.717, 1.165) is 10.4 Å². The minimum Gasteiger partial charge on any atom is -0.478 e. The molecule has 0 fully saturated rings. The minimum absolute atomic E-state index is 0.0517. The van der Waals surface area contributed by atoms with Crippen molar-refractivity contribution in [3.63, 3.8) is 0 Å². The Bertz CT molecular complexity index is 413. The second-order valence-electron chi connectivity index (χ2n) is 3.78. The molecule has 1 aromatic heterocycles. The Morgan fingerprint density at radius 1 is 1.60 bits per heavy atom. The van der Waals surface area contributed by atoms with Gasteiger partial charge in [-0.1, -0.05) is 0 Å². The third kappa shape index (κ3) is 1.61. The smallest absolute Gasteiger partial charge is 0.338 e. The number of fused-ring (bicyclic) bond motifs is 1. The minimum atomic E-state index is -0.939. The molecule has 0 aliphatic carbocycles. The molecule has 15 heavy (non-hydrogen) atoms. The van der Waals surface area contributed by atoms with Gasteiger partial charge in [-0.15, -0.1) is 11.3 Å². The molecule has 0 bridgehead atoms. The lowest BCUT2D eigenvalue weighted by atomic mass is 9.99. The molecule has 0 aromatic carbocycles. The predicted octanol–water partition coefficient (Wildman–Crippen LogP) is 2.05. The highest BCUT2D eigenvalue weighted by molar-refractivity contribution is 7.16. The van der Waals surface area contributed by atoms with Crippen LogP contribution in [0.2, 0.25) is 0 Å². The normalized spacial score (nSPS) is 24.9. The molecule has 0 spiro atoms. The van der Waals surface area contributed by atoms with Crippen LogP contribution < -0.4 is 5.73 Å². The molecule has 0 saturated heterocycles. The lowest BCUT2D eigenvalue weighted by Crippen LogP contribution is -2.22. The summed E-state index contributed by atoms with van der Waals surface area (Å²) in [5.74, 6) is -0.939. The van der Waals surface area contributed by atoms with Crippen molar-refractivity contribution in [2.24, 2.45) is 0 Å². The number of nitrogen functional groups attached to an aromatic ring is 1. The van der Waals surface area contributed by atoms with Crippen molar-refractivity contribution in [1.29, 1.82) is 0 Å². The van der Waals surface area contributed by atoms with Gasteiger partial charge in [-0.2, -0.15) is 0 Å². The monoisotopic (exact) mass is 227 g/mol. The van der Waals surface area contributed by atoms with Gasteiger partial charge in [-0.25, -0.2) is 4.79 Å². The molecule has 1 aliphatic rings. The molecular formula is C10H13NO3S. The van der Waals surface area contributed by atoms with Gasteiger partial charge in [-0.3, -0.25) is 0 Å². The largest absolute Gasteiger partial charge is 0.478 e. The maximum Gasteiger partial charge on any atom is 0.338 e. The first kappa shape index (κ1) is 10.4. The highest BCUT2D eigenvalue weighted by Crippen LogP contribution is 2.41. The lowest BCUT2D eigenvalue weighted by molar-refractivity contribution is -0.00238. The summed E-state index contributed by atoms with van der Waals surface area (Å²) in [7, 11) is 0. The van der Waals surface area contributed by atoms with E-state index in [9.17, 15) is 4.79 Å². The first-order chi connectivity index (χ1) is 7.00. The summed E-state index contributed by atoms with van der Waals surface area (Å²) in [5, 5.41) is 9.46. The molecule has 2 rings (SSSR count). The molecule has 2 atom stereocenters. The summed E-state index contributed by atoms with van der Waals surface area (Å²) in [5.41, 5.74) is 6.84. The number of aromatic carboxylic acids is 1. The van der Waals surface area contributed by atoms with E-state index in [4.69, 9.17) is 15.6 Å². The number of ether oxygens (including phenoxy) is 1. The topological polar surface area (TPSA) is 72.6 Å². The molecule has 4 nitrogen and oxygen atoms in total. The fraction of sp³-hybridized carbons (Fsp3) is 0.500. The van der Waals surface area contributed by atoms with Gasteiger partial charge in [0, 0.05) is 11.3 Å². The van der Waals surface area contributed by atoms with E-state index in [2.05, 4.69) is 0 Å². The van der Waals surface area contributed by atoms with E-state index in [1.165, 1.54) is 11.3 Å². The zero-order valence-electron chi connectivity index (χ0n) is 8.61. The van der Waals surface area contributed by atoms with Crippen LogP contribution in [-0.4, -0.2) is 17.2 Å². The third-order valence-electron chi connectivity index (χ3n) is 2.58. The molecule has 0 saturated carbocycles. The van der Waals surface area contributed by atoms with Crippen LogP contribution >= 0.6 is 11.3 Å². The van der Waals surface area contributed by atoms with Crippen molar-refractivity contribution < 1.29 is 14.6 Å². The Morgan fingerprint density at radius 3 is 2.87 bits per heavy atom. The number of thiophene rings is 1. The van der Waals surface area contributed by atoms with Crippen LogP contribution in [0.5, 0.6) is 0 Å². The van der Waals surface area contributed by atoms with E-state index in [0.29, 0.717) is 11.4 Å². The molecule has 3 N–H and O–H groups in total. The summed E-state index contributed by atoms with van der Waals surface area (Å²) < 4.78 is 5.62. The van der Waals surface area contributed by atoms with Gasteiger partial charge in [0.2, 0.25) is 0 Å². The van der Waals surface area contributed by atoms with Gasteiger partial charge in [0.15, 0.2) is 0 Å². The number of rotatable bonds is 1. The van der Waals surface area contributed by atoms with Gasteiger partial charge in [0.25, 0.3) is 0 Å². The SMILES string of the molecule is CC1Cc2c(sc(N)c2C(=O)O)C(C)O1. The number of hydrogen-bond donors (Lipinski definition) is 2. The fourth-order valence-electron chi connectivity index (χ4n) is 2.01. The van der Waals surface area contributed by atoms with Gasteiger partial charge in [-0.05, 0) is 19.4 Å². The summed E-state index contributed by atoms with van der Waals surface area (Å²) >= 11 is 1.33. The number of anilines is 1. The van der Waals surface area contributed by atoms with E-state index >= 15 is 0 Å². The average Bonchev–Trinajstić information content (AvgIpc) is 2.41. The summed E-state index contributed by atoms with van der Waals surface area (Å²) in [6.07, 6.45) is 0.637. The molecule has 0 amide bonds. The van der Waals surface area contributed by atoms with Crippen LogP contribution in [0.1, 0.15) is 40.8 Å². The third-order valence-corrected chi connectivity index (χ3v) is 3.80. The second kappa shape index (κ2) is 3.50. The highest BCUT2D eigenvalue weighted by atomic mass is 32.1. The molecule has 0 radical (unpaired) electrons. The summed E-state index contributed by atoms with van der Waals surface area (Å²) in [6.45, 7) is 3.87. The van der Waals surface area contributed by atoms with Crippen LogP contribution in [0.15, 0.2) is 0 Å². The van der Waals surface area contributed by atoms with Crippen molar-refractivity contribution in [2.75, 3.05) is 5.73 Å². The maximum atomic E-state index is 11.1. The lowest BCUT2D eigenvalue weighted by Gasteiger charge is -2.25. The van der Waals surface area contributed by atoms with Crippen molar-refractivity contribution in [3.8, 4) is 0 Å². The molecule has 1 aliphatic heterocycles. The first-order valence-electron chi connectivity index (χ1n) is 4.80. The molecular weight excluding hydrogens is 214 g/mol. The predicted molar refractivity (Wildman–Crippen MR) is 58.4 cm³/mol. The van der Waals surface area contributed by atoms with Crippen molar-refractivity contribution in [3.05, 3.63) is 16.0 Å². The zero-order valence-corrected chi connectivity index (χ0v) is 9.43.